The average molecular weight is 466 g/mol. The van der Waals surface area contributed by atoms with E-state index < -0.39 is 6.10 Å². The van der Waals surface area contributed by atoms with Crippen molar-refractivity contribution in [3.63, 3.8) is 0 Å². The Balaban J connectivity index is 1.65. The van der Waals surface area contributed by atoms with Gasteiger partial charge >= 0.3 is 0 Å². The Hall–Kier alpha value is -2.97. The smallest absolute Gasteiger partial charge is 0.162 e. The van der Waals surface area contributed by atoms with Gasteiger partial charge in [0.05, 0.1) is 17.0 Å². The Morgan fingerprint density at radius 1 is 1.15 bits per heavy atom. The van der Waals surface area contributed by atoms with Crippen LogP contribution in [0.15, 0.2) is 34.9 Å². The lowest BCUT2D eigenvalue weighted by Gasteiger charge is -2.27. The fraction of sp³-hybridized carbons (Fsp3) is 0.500. The van der Waals surface area contributed by atoms with Crippen LogP contribution < -0.4 is 15.4 Å². The van der Waals surface area contributed by atoms with Crippen molar-refractivity contribution in [3.05, 3.63) is 41.8 Å². The summed E-state index contributed by atoms with van der Waals surface area (Å²) >= 11 is 0. The molecule has 3 aromatic rings. The van der Waals surface area contributed by atoms with Crippen molar-refractivity contribution >= 4 is 5.82 Å². The first kappa shape index (κ1) is 24.2. The molecule has 34 heavy (non-hydrogen) atoms. The number of aromatic nitrogens is 3. The zero-order chi connectivity index (χ0) is 24.1. The molecular formula is C26H35N5O3. The molecule has 1 aliphatic rings. The summed E-state index contributed by atoms with van der Waals surface area (Å²) in [7, 11) is 1.80. The highest BCUT2D eigenvalue weighted by Gasteiger charge is 2.21. The fourth-order valence-electron chi connectivity index (χ4n) is 4.45. The lowest BCUT2D eigenvalue weighted by atomic mass is 9.87. The Morgan fingerprint density at radius 2 is 1.94 bits per heavy atom. The minimum absolute atomic E-state index is 0.206. The van der Waals surface area contributed by atoms with E-state index in [-0.39, 0.29) is 6.61 Å². The number of nitrogens with zero attached hydrogens (tertiary/aromatic N) is 3. The standard InChI is InChI=1S/C26H35N5O3/c1-16-8-10-20(11-9-16)28-24-13-23(25-17(2)31-34-18(25)3)29-26(30-24)19-6-5-7-22(12-19)33-15-21(32)14-27-4/h5-7,12-13,16,20-21,27,32H,8-11,14-15H2,1-4H3,(H,28,29,30). The van der Waals surface area contributed by atoms with E-state index in [1.165, 1.54) is 12.8 Å². The molecule has 1 unspecified atom stereocenters. The number of likely N-dealkylation sites (N-methyl/N-ethyl adjacent to an activating group) is 1. The fourth-order valence-corrected chi connectivity index (χ4v) is 4.45. The molecule has 0 bridgehead atoms. The molecule has 0 saturated heterocycles. The van der Waals surface area contributed by atoms with Gasteiger partial charge in [0.1, 0.15) is 30.0 Å². The summed E-state index contributed by atoms with van der Waals surface area (Å²) in [5.74, 6) is 3.58. The average Bonchev–Trinajstić information content (AvgIpc) is 3.17. The molecule has 1 aliphatic carbocycles. The van der Waals surface area contributed by atoms with E-state index in [9.17, 15) is 5.11 Å². The second-order valence-corrected chi connectivity index (χ2v) is 9.31. The van der Waals surface area contributed by atoms with Crippen LogP contribution in [0.2, 0.25) is 0 Å². The predicted octanol–water partition coefficient (Wildman–Crippen LogP) is 4.37. The van der Waals surface area contributed by atoms with Gasteiger partial charge in [-0.3, -0.25) is 0 Å². The summed E-state index contributed by atoms with van der Waals surface area (Å²) in [6.07, 6.45) is 4.15. The lowest BCUT2D eigenvalue weighted by Crippen LogP contribution is -2.29. The number of benzene rings is 1. The molecule has 0 amide bonds. The molecule has 2 heterocycles. The van der Waals surface area contributed by atoms with Crippen LogP contribution in [0.3, 0.4) is 0 Å². The maximum atomic E-state index is 9.96. The van der Waals surface area contributed by atoms with Crippen molar-refractivity contribution in [2.45, 2.75) is 58.6 Å². The highest BCUT2D eigenvalue weighted by molar-refractivity contribution is 5.70. The van der Waals surface area contributed by atoms with Gasteiger partial charge in [-0.2, -0.15) is 0 Å². The topological polar surface area (TPSA) is 105 Å². The first-order chi connectivity index (χ1) is 16.4. The number of hydrogen-bond donors (Lipinski definition) is 3. The van der Waals surface area contributed by atoms with Crippen LogP contribution in [0, 0.1) is 19.8 Å². The van der Waals surface area contributed by atoms with Crippen molar-refractivity contribution in [3.8, 4) is 28.4 Å². The van der Waals surface area contributed by atoms with Crippen LogP contribution in [0.4, 0.5) is 5.82 Å². The Morgan fingerprint density at radius 3 is 2.65 bits per heavy atom. The molecule has 2 aromatic heterocycles. The highest BCUT2D eigenvalue weighted by Crippen LogP contribution is 2.32. The van der Waals surface area contributed by atoms with Gasteiger partial charge in [-0.15, -0.1) is 0 Å². The summed E-state index contributed by atoms with van der Waals surface area (Å²) in [5.41, 5.74) is 3.32. The molecule has 0 radical (unpaired) electrons. The van der Waals surface area contributed by atoms with Crippen LogP contribution in [0.5, 0.6) is 5.75 Å². The summed E-state index contributed by atoms with van der Waals surface area (Å²) in [6.45, 7) is 6.82. The van der Waals surface area contributed by atoms with Crippen LogP contribution in [0.25, 0.3) is 22.6 Å². The molecule has 0 spiro atoms. The van der Waals surface area contributed by atoms with Crippen molar-refractivity contribution < 1.29 is 14.4 Å². The first-order valence-electron chi connectivity index (χ1n) is 12.1. The van der Waals surface area contributed by atoms with Crippen LogP contribution >= 0.6 is 0 Å². The first-order valence-corrected chi connectivity index (χ1v) is 12.1. The predicted molar refractivity (Wildman–Crippen MR) is 133 cm³/mol. The number of hydrogen-bond acceptors (Lipinski definition) is 8. The summed E-state index contributed by atoms with van der Waals surface area (Å²) in [4.78, 5) is 9.74. The largest absolute Gasteiger partial charge is 0.491 e. The third-order valence-electron chi connectivity index (χ3n) is 6.36. The van der Waals surface area contributed by atoms with E-state index in [0.717, 1.165) is 52.9 Å². The normalized spacial score (nSPS) is 19.1. The van der Waals surface area contributed by atoms with Gasteiger partial charge in [-0.25, -0.2) is 9.97 Å². The highest BCUT2D eigenvalue weighted by atomic mass is 16.5. The van der Waals surface area contributed by atoms with E-state index in [4.69, 9.17) is 19.2 Å². The minimum Gasteiger partial charge on any atom is -0.491 e. The Bertz CT molecular complexity index is 1070. The SMILES string of the molecule is CNCC(O)COc1cccc(-c2nc(NC3CCC(C)CC3)cc(-c3c(C)noc3C)n2)c1. The molecule has 1 atom stereocenters. The summed E-state index contributed by atoms with van der Waals surface area (Å²) in [5, 5.41) is 20.7. The zero-order valence-corrected chi connectivity index (χ0v) is 20.5. The van der Waals surface area contributed by atoms with Gasteiger partial charge in [0.15, 0.2) is 5.82 Å². The van der Waals surface area contributed by atoms with Gasteiger partial charge in [0, 0.05) is 24.2 Å². The molecule has 1 saturated carbocycles. The Kier molecular flexibility index (Phi) is 7.80. The van der Waals surface area contributed by atoms with Crippen molar-refractivity contribution in [2.24, 2.45) is 5.92 Å². The number of nitrogens with one attached hydrogen (secondary N) is 2. The summed E-state index contributed by atoms with van der Waals surface area (Å²) < 4.78 is 11.2. The summed E-state index contributed by atoms with van der Waals surface area (Å²) in [6, 6.07) is 10.1. The minimum atomic E-state index is -0.582. The Labute approximate surface area is 201 Å². The number of aryl methyl sites for hydroxylation is 2. The van der Waals surface area contributed by atoms with Gasteiger partial charge in [-0.05, 0) is 64.6 Å². The van der Waals surface area contributed by atoms with Crippen LogP contribution in [0.1, 0.15) is 44.1 Å². The zero-order valence-electron chi connectivity index (χ0n) is 20.5. The third kappa shape index (κ3) is 5.93. The second kappa shape index (κ2) is 11.0. The molecule has 4 rings (SSSR count). The molecule has 8 heteroatoms. The van der Waals surface area contributed by atoms with Crippen molar-refractivity contribution in [1.82, 2.24) is 20.4 Å². The quantitative estimate of drug-likeness (QED) is 0.428. The molecule has 8 nitrogen and oxygen atoms in total. The monoisotopic (exact) mass is 465 g/mol. The van der Waals surface area contributed by atoms with Crippen LogP contribution in [-0.2, 0) is 0 Å². The van der Waals surface area contributed by atoms with E-state index in [1.807, 2.05) is 44.2 Å². The molecule has 3 N–H and O–H groups in total. The number of rotatable bonds is 9. The third-order valence-corrected chi connectivity index (χ3v) is 6.36. The molecule has 1 fully saturated rings. The molecule has 1 aromatic carbocycles. The molecule has 0 aliphatic heterocycles. The second-order valence-electron chi connectivity index (χ2n) is 9.31. The maximum absolute atomic E-state index is 9.96. The molecule has 182 valence electrons. The number of aliphatic hydroxyl groups excluding tert-OH is 1. The van der Waals surface area contributed by atoms with E-state index in [2.05, 4.69) is 22.7 Å². The van der Waals surface area contributed by atoms with Crippen molar-refractivity contribution in [2.75, 3.05) is 25.5 Å². The van der Waals surface area contributed by atoms with Gasteiger partial charge in [0.25, 0.3) is 0 Å². The van der Waals surface area contributed by atoms with E-state index in [1.54, 1.807) is 7.05 Å². The lowest BCUT2D eigenvalue weighted by molar-refractivity contribution is 0.108. The number of aliphatic hydroxyl groups is 1. The van der Waals surface area contributed by atoms with Gasteiger partial charge in [0.2, 0.25) is 0 Å². The maximum Gasteiger partial charge on any atom is 0.162 e. The van der Waals surface area contributed by atoms with Gasteiger partial charge in [-0.1, -0.05) is 24.2 Å². The van der Waals surface area contributed by atoms with Crippen LogP contribution in [-0.4, -0.2) is 52.6 Å². The van der Waals surface area contributed by atoms with Crippen molar-refractivity contribution in [1.29, 1.82) is 0 Å². The number of ether oxygens (including phenoxy) is 1. The number of anilines is 1. The molecular weight excluding hydrogens is 430 g/mol. The van der Waals surface area contributed by atoms with E-state index in [0.29, 0.717) is 24.2 Å². The van der Waals surface area contributed by atoms with Gasteiger partial charge < -0.3 is 25.0 Å². The van der Waals surface area contributed by atoms with E-state index >= 15 is 0 Å².